The molecule has 3 aliphatic heterocycles. The summed E-state index contributed by atoms with van der Waals surface area (Å²) >= 11 is 0. The van der Waals surface area contributed by atoms with Gasteiger partial charge in [0.1, 0.15) is 72.1 Å². The Kier molecular flexibility index (Phi) is 28.7. The largest absolute Gasteiger partial charge is 0.397 e. The third-order valence-corrected chi connectivity index (χ3v) is 23.5. The van der Waals surface area contributed by atoms with Crippen molar-refractivity contribution in [3.63, 3.8) is 0 Å². The maximum atomic E-state index is 15.4. The second-order valence-corrected chi connectivity index (χ2v) is 30.7. The Hall–Kier alpha value is -6.92. The molecule has 3 N–H and O–H groups in total. The molecule has 4 saturated carbocycles. The van der Waals surface area contributed by atoms with E-state index in [1.165, 1.54) is 76.0 Å². The van der Waals surface area contributed by atoms with Crippen LogP contribution in [0.2, 0.25) is 0 Å². The van der Waals surface area contributed by atoms with Crippen LogP contribution in [0.5, 0.6) is 0 Å². The SMILES string of the molecule is CC[C@H](C)[C@@H]1NC(=O)[C@H](CC)N(C)C(=O)C[C@@H](C(=O)N(C)C)N(C)C(=O)[C@H](C2CCCC2)N(C)C(=O)C2(CCC2)NC(=O)[C@@H]2CCCCN2C(=O)[C@H](CCC2CC(F)C(C(F)(F)F)C(F)C2)NC(=O)CN(C)C(=O)[C@H](CC2CCC(C(F)(F)F)CC2)N2CCCC[C@@H](C2=O)N(C)C(=O)CN(C)C1=O. The number of hydrogen-bond acceptors (Lipinski definition) is 12. The average Bonchev–Trinajstić information content (AvgIpc) is 1.31. The van der Waals surface area contributed by atoms with E-state index in [2.05, 4.69) is 16.0 Å². The number of nitrogens with zero attached hydrogens (tertiary/aromatic N) is 9. The van der Waals surface area contributed by atoms with Crippen molar-refractivity contribution in [1.82, 2.24) is 60.0 Å². The van der Waals surface area contributed by atoms with Gasteiger partial charge in [0.05, 0.1) is 25.4 Å². The van der Waals surface area contributed by atoms with Crippen molar-refractivity contribution in [3.05, 3.63) is 0 Å². The highest BCUT2D eigenvalue weighted by atomic mass is 19.4. The first kappa shape index (κ1) is 83.4. The molecule has 0 aromatic carbocycles. The van der Waals surface area contributed by atoms with Crippen LogP contribution in [-0.2, 0) is 57.5 Å². The topological polar surface area (TPSA) is 270 Å². The molecule has 0 radical (unpaired) electrons. The number of nitrogens with one attached hydrogen (secondary N) is 3. The van der Waals surface area contributed by atoms with Crippen LogP contribution in [0.3, 0.4) is 0 Å². The molecule has 7 fully saturated rings. The summed E-state index contributed by atoms with van der Waals surface area (Å²) in [6.45, 7) is 3.50. The van der Waals surface area contributed by atoms with Gasteiger partial charge < -0.3 is 60.0 Å². The fourth-order valence-corrected chi connectivity index (χ4v) is 16.7. The first-order valence-corrected chi connectivity index (χ1v) is 37.0. The highest BCUT2D eigenvalue weighted by Gasteiger charge is 2.56. The van der Waals surface area contributed by atoms with E-state index >= 15 is 37.5 Å². The first-order chi connectivity index (χ1) is 48.3. The molecule has 3 heterocycles. The molecule has 7 rings (SSSR count). The predicted octanol–water partition coefficient (Wildman–Crippen LogP) is 5.92. The zero-order valence-electron chi connectivity index (χ0n) is 61.7. The molecule has 24 nitrogen and oxygen atoms in total. The monoisotopic (exact) mass is 1470 g/mol. The molecule has 0 aromatic rings. The Labute approximate surface area is 599 Å². The van der Waals surface area contributed by atoms with E-state index in [0.29, 0.717) is 57.8 Å². The van der Waals surface area contributed by atoms with Crippen molar-refractivity contribution in [2.75, 3.05) is 82.6 Å². The Bertz CT molecular complexity index is 3040. The van der Waals surface area contributed by atoms with E-state index in [1.807, 2.05) is 0 Å². The summed E-state index contributed by atoms with van der Waals surface area (Å²) < 4.78 is 115. The summed E-state index contributed by atoms with van der Waals surface area (Å²) in [7, 11) is 10.9. The Morgan fingerprint density at radius 2 is 1.15 bits per heavy atom. The van der Waals surface area contributed by atoms with Gasteiger partial charge in [-0.15, -0.1) is 0 Å². The highest BCUT2D eigenvalue weighted by Crippen LogP contribution is 2.46. The third-order valence-electron chi connectivity index (χ3n) is 23.5. The summed E-state index contributed by atoms with van der Waals surface area (Å²) in [5.74, 6) is -16.3. The van der Waals surface area contributed by atoms with Gasteiger partial charge in [-0.25, -0.2) is 8.78 Å². The number of piperidine rings is 1. The van der Waals surface area contributed by atoms with E-state index < -0.39 is 224 Å². The standard InChI is InChI=1S/C71H110F8N12O12/c1-12-41(3)58-66(101)85(7)40-56(94)87(9)51-24-17-19-34-91(65(51)100)53(37-42-25-28-45(29-26-42)70(74,75)76)64(99)84(6)39-54(92)80-48(30-27-43-35-46(72)57(47(73)36-43)71(77,78)79)62(97)90-33-18-16-23-50(90)61(96)82-69(31-20-32-69)68(103)89(11)59(44-21-14-15-22-44)67(102)88(10)52(63(98)83(4)5)38-55(93)86(8)49(13-2)60(95)81-58/h41-53,57-59H,12-40H2,1-11H3,(H,80,92)(H,81,95)(H,82,96)/t41-,42?,43?,45?,46?,47?,48-,49-,50-,51-,52-,53-,57?,58-,59-/m0/s1. The summed E-state index contributed by atoms with van der Waals surface area (Å²) in [4.78, 5) is 189. The van der Waals surface area contributed by atoms with E-state index in [-0.39, 0.29) is 90.1 Å². The van der Waals surface area contributed by atoms with Crippen molar-refractivity contribution < 1.29 is 92.7 Å². The fraction of sp³-hybridized carbons (Fsp3) is 0.831. The summed E-state index contributed by atoms with van der Waals surface area (Å²) in [5, 5.41) is 8.38. The summed E-state index contributed by atoms with van der Waals surface area (Å²) in [5.41, 5.74) is -1.63. The lowest BCUT2D eigenvalue weighted by molar-refractivity contribution is -0.219. The molecule has 2 bridgehead atoms. The minimum absolute atomic E-state index is 0.00972. The zero-order chi connectivity index (χ0) is 76.5. The van der Waals surface area contributed by atoms with Gasteiger partial charge in [0.15, 0.2) is 0 Å². The van der Waals surface area contributed by atoms with Crippen LogP contribution in [-0.4, -0.2) is 276 Å². The smallest absolute Gasteiger partial charge is 0.347 e. The second kappa shape index (κ2) is 35.4. The van der Waals surface area contributed by atoms with Crippen LogP contribution in [0.4, 0.5) is 35.1 Å². The van der Waals surface area contributed by atoms with E-state index in [1.54, 1.807) is 20.8 Å². The van der Waals surface area contributed by atoms with Crippen LogP contribution in [0.15, 0.2) is 0 Å². The molecule has 2 unspecified atom stereocenters. The average molecular weight is 1480 g/mol. The molecule has 0 aromatic heterocycles. The maximum absolute atomic E-state index is 15.4. The van der Waals surface area contributed by atoms with Crippen LogP contribution in [0.1, 0.15) is 181 Å². The van der Waals surface area contributed by atoms with Crippen molar-refractivity contribution in [1.29, 1.82) is 0 Å². The Morgan fingerprint density at radius 1 is 0.573 bits per heavy atom. The minimum atomic E-state index is -5.20. The van der Waals surface area contributed by atoms with E-state index in [0.717, 1.165) is 24.5 Å². The molecule has 582 valence electrons. The maximum Gasteiger partial charge on any atom is 0.397 e. The van der Waals surface area contributed by atoms with Gasteiger partial charge >= 0.3 is 12.4 Å². The van der Waals surface area contributed by atoms with Crippen LogP contribution in [0.25, 0.3) is 0 Å². The number of rotatable bonds is 10. The van der Waals surface area contributed by atoms with Gasteiger partial charge in [0.25, 0.3) is 0 Å². The highest BCUT2D eigenvalue weighted by molar-refractivity contribution is 6.01. The number of carbonyl (C=O) groups is 12. The van der Waals surface area contributed by atoms with Gasteiger partial charge in [-0.05, 0) is 159 Å². The second-order valence-electron chi connectivity index (χ2n) is 30.7. The molecular weight excluding hydrogens is 1360 g/mol. The summed E-state index contributed by atoms with van der Waals surface area (Å²) in [6.07, 6.45) is -13.6. The van der Waals surface area contributed by atoms with Crippen molar-refractivity contribution in [3.8, 4) is 0 Å². The molecule has 3 saturated heterocycles. The quantitative estimate of drug-likeness (QED) is 0.215. The molecule has 7 aliphatic rings. The lowest BCUT2D eigenvalue weighted by Crippen LogP contribution is -2.69. The first-order valence-electron chi connectivity index (χ1n) is 37.0. The summed E-state index contributed by atoms with van der Waals surface area (Å²) in [6, 6.07) is -10.9. The molecule has 1 spiro atoms. The lowest BCUT2D eigenvalue weighted by atomic mass is 9.74. The number of hydrogen-bond donors (Lipinski definition) is 3. The van der Waals surface area contributed by atoms with Crippen LogP contribution < -0.4 is 16.0 Å². The fourth-order valence-electron chi connectivity index (χ4n) is 16.7. The van der Waals surface area contributed by atoms with Crippen LogP contribution >= 0.6 is 0 Å². The van der Waals surface area contributed by atoms with Gasteiger partial charge in [-0.3, -0.25) is 57.5 Å². The molecule has 4 aliphatic carbocycles. The normalized spacial score (nSPS) is 32.0. The van der Waals surface area contributed by atoms with Crippen molar-refractivity contribution in [2.45, 2.75) is 260 Å². The molecule has 103 heavy (non-hydrogen) atoms. The zero-order valence-corrected chi connectivity index (χ0v) is 61.7. The molecular formula is C71H110F8N12O12. The predicted molar refractivity (Wildman–Crippen MR) is 361 cm³/mol. The van der Waals surface area contributed by atoms with Gasteiger partial charge in [-0.1, -0.05) is 40.0 Å². The number of likely N-dealkylation sites (N-methyl/N-ethyl adjacent to an activating group) is 7. The number of fused-ring (bicyclic) bond motifs is 3. The lowest BCUT2D eigenvalue weighted by Gasteiger charge is -2.47. The van der Waals surface area contributed by atoms with E-state index in [9.17, 15) is 55.1 Å². The van der Waals surface area contributed by atoms with Gasteiger partial charge in [0.2, 0.25) is 70.9 Å². The number of carbonyl (C=O) groups excluding carboxylic acids is 12. The minimum Gasteiger partial charge on any atom is -0.347 e. The van der Waals surface area contributed by atoms with Gasteiger partial charge in [0, 0.05) is 69.5 Å². The van der Waals surface area contributed by atoms with Crippen LogP contribution in [0, 0.1) is 35.5 Å². The molecule has 12 amide bonds. The van der Waals surface area contributed by atoms with Crippen molar-refractivity contribution in [2.24, 2.45) is 35.5 Å². The number of amides is 12. The van der Waals surface area contributed by atoms with Gasteiger partial charge in [-0.2, -0.15) is 26.3 Å². The molecule has 11 atom stereocenters. The number of halogens is 8. The molecule has 32 heteroatoms. The van der Waals surface area contributed by atoms with E-state index in [4.69, 9.17) is 0 Å². The number of alkyl halides is 8. The Balaban J connectivity index is 1.29. The van der Waals surface area contributed by atoms with Crippen molar-refractivity contribution >= 4 is 70.9 Å². The Morgan fingerprint density at radius 3 is 1.69 bits per heavy atom. The third kappa shape index (κ3) is 19.8.